The smallest absolute Gasteiger partial charge is 0.162 e. The fraction of sp³-hybridized carbons (Fsp3) is 0.300. The molecule has 0 fully saturated rings. The summed E-state index contributed by atoms with van der Waals surface area (Å²) in [6, 6.07) is 9.95. The van der Waals surface area contributed by atoms with Crippen molar-refractivity contribution >= 4 is 20.8 Å². The molecule has 28 heavy (non-hydrogen) atoms. The van der Waals surface area contributed by atoms with Gasteiger partial charge in [0.05, 0.1) is 25.4 Å². The van der Waals surface area contributed by atoms with E-state index >= 15 is 0 Å². The molecular formula is C20H22N4O3S. The fourth-order valence-corrected chi connectivity index (χ4v) is 4.41. The quantitative estimate of drug-likeness (QED) is 0.729. The Morgan fingerprint density at radius 2 is 1.82 bits per heavy atom. The third-order valence-electron chi connectivity index (χ3n) is 5.09. The maximum absolute atomic E-state index is 12.2. The third kappa shape index (κ3) is 3.29. The molecule has 1 aliphatic heterocycles. The summed E-state index contributed by atoms with van der Waals surface area (Å²) in [6.45, 7) is 1.14. The molecule has 0 spiro atoms. The van der Waals surface area contributed by atoms with Crippen LogP contribution in [0.3, 0.4) is 0 Å². The summed E-state index contributed by atoms with van der Waals surface area (Å²) in [7, 11) is 0.477. The summed E-state index contributed by atoms with van der Waals surface area (Å²) in [5.74, 6) is 1.24. The zero-order valence-corrected chi connectivity index (χ0v) is 16.9. The van der Waals surface area contributed by atoms with Crippen molar-refractivity contribution < 1.29 is 13.7 Å². The molecule has 0 radical (unpaired) electrons. The molecule has 7 nitrogen and oxygen atoms in total. The molecule has 1 unspecified atom stereocenters. The third-order valence-corrected chi connectivity index (χ3v) is 6.39. The van der Waals surface area contributed by atoms with Crippen molar-refractivity contribution in [2.24, 2.45) is 0 Å². The van der Waals surface area contributed by atoms with Crippen LogP contribution in [-0.4, -0.2) is 45.5 Å². The second-order valence-electron chi connectivity index (χ2n) is 6.85. The molecule has 8 heteroatoms. The van der Waals surface area contributed by atoms with Gasteiger partial charge in [-0.3, -0.25) is 0 Å². The fourth-order valence-electron chi connectivity index (χ4n) is 3.59. The van der Waals surface area contributed by atoms with Crippen molar-refractivity contribution in [1.29, 1.82) is 4.78 Å². The Labute approximate surface area is 164 Å². The summed E-state index contributed by atoms with van der Waals surface area (Å²) in [5.41, 5.74) is 4.82. The predicted octanol–water partition coefficient (Wildman–Crippen LogP) is 3.26. The Bertz CT molecular complexity index is 1160. The minimum atomic E-state index is -2.72. The van der Waals surface area contributed by atoms with Crippen LogP contribution in [0.2, 0.25) is 0 Å². The van der Waals surface area contributed by atoms with Crippen LogP contribution in [0, 0.1) is 4.78 Å². The van der Waals surface area contributed by atoms with Crippen LogP contribution >= 0.6 is 0 Å². The van der Waals surface area contributed by atoms with E-state index in [2.05, 4.69) is 28.2 Å². The van der Waals surface area contributed by atoms with Crippen LogP contribution in [0.15, 0.2) is 36.7 Å². The number of benzene rings is 2. The first kappa shape index (κ1) is 18.6. The Balaban J connectivity index is 1.83. The lowest BCUT2D eigenvalue weighted by Gasteiger charge is -2.28. The molecule has 0 bridgehead atoms. The number of hydrogen-bond donors (Lipinski definition) is 1. The van der Waals surface area contributed by atoms with Crippen LogP contribution in [0.5, 0.6) is 11.5 Å². The van der Waals surface area contributed by atoms with Crippen LogP contribution in [-0.2, 0) is 22.9 Å². The normalized spacial score (nSPS) is 16.4. The lowest BCUT2D eigenvalue weighted by molar-refractivity contribution is 0.356. The minimum Gasteiger partial charge on any atom is -0.493 e. The van der Waals surface area contributed by atoms with Crippen molar-refractivity contribution in [2.45, 2.75) is 13.0 Å². The highest BCUT2D eigenvalue weighted by Gasteiger charge is 2.22. The molecule has 0 amide bonds. The highest BCUT2D eigenvalue weighted by atomic mass is 32.2. The van der Waals surface area contributed by atoms with E-state index < -0.39 is 9.92 Å². The molecule has 146 valence electrons. The van der Waals surface area contributed by atoms with Crippen molar-refractivity contribution in [3.05, 3.63) is 47.8 Å². The molecule has 1 N–H and O–H groups in total. The number of methoxy groups -OCH3 is 2. The summed E-state index contributed by atoms with van der Waals surface area (Å²) in [6.07, 6.45) is 3.80. The molecule has 0 saturated carbocycles. The largest absolute Gasteiger partial charge is 0.493 e. The summed E-state index contributed by atoms with van der Waals surface area (Å²) >= 11 is 0. The molecule has 1 atom stereocenters. The lowest BCUT2D eigenvalue weighted by Crippen LogP contribution is -2.34. The first-order valence-electron chi connectivity index (χ1n) is 8.88. The van der Waals surface area contributed by atoms with Crippen molar-refractivity contribution in [3.63, 3.8) is 0 Å². The van der Waals surface area contributed by atoms with Crippen molar-refractivity contribution in [3.8, 4) is 22.8 Å². The Hall–Kier alpha value is -2.71. The van der Waals surface area contributed by atoms with Gasteiger partial charge in [-0.1, -0.05) is 12.1 Å². The second kappa shape index (κ2) is 7.03. The van der Waals surface area contributed by atoms with Gasteiger partial charge < -0.3 is 9.47 Å². The van der Waals surface area contributed by atoms with Gasteiger partial charge in [-0.15, -0.1) is 0 Å². The molecule has 1 aromatic heterocycles. The van der Waals surface area contributed by atoms with E-state index in [1.165, 1.54) is 18.1 Å². The number of rotatable bonds is 4. The van der Waals surface area contributed by atoms with E-state index in [0.29, 0.717) is 24.6 Å². The summed E-state index contributed by atoms with van der Waals surface area (Å²) in [5, 5.41) is 0.868. The number of nitrogens with one attached hydrogen (secondary N) is 1. The van der Waals surface area contributed by atoms with Gasteiger partial charge in [0.2, 0.25) is 0 Å². The molecule has 1 aliphatic rings. The summed E-state index contributed by atoms with van der Waals surface area (Å²) < 4.78 is 32.6. The van der Waals surface area contributed by atoms with Crippen LogP contribution in [0.4, 0.5) is 0 Å². The second-order valence-corrected chi connectivity index (χ2v) is 8.97. The van der Waals surface area contributed by atoms with E-state index in [1.807, 2.05) is 12.1 Å². The predicted molar refractivity (Wildman–Crippen MR) is 109 cm³/mol. The molecule has 0 aliphatic carbocycles. The number of hydrogen-bond acceptors (Lipinski definition) is 6. The highest BCUT2D eigenvalue weighted by molar-refractivity contribution is 7.89. The minimum absolute atomic E-state index is 0.502. The van der Waals surface area contributed by atoms with Crippen molar-refractivity contribution in [1.82, 2.24) is 14.3 Å². The van der Waals surface area contributed by atoms with Gasteiger partial charge in [0.1, 0.15) is 16.2 Å². The van der Waals surface area contributed by atoms with Gasteiger partial charge in [-0.25, -0.2) is 23.3 Å². The van der Waals surface area contributed by atoms with Gasteiger partial charge >= 0.3 is 0 Å². The molecule has 4 rings (SSSR count). The average molecular weight is 398 g/mol. The first-order valence-corrected chi connectivity index (χ1v) is 10.8. The lowest BCUT2D eigenvalue weighted by atomic mass is 9.96. The highest BCUT2D eigenvalue weighted by Crippen LogP contribution is 2.36. The summed E-state index contributed by atoms with van der Waals surface area (Å²) in [4.78, 5) is 8.88. The van der Waals surface area contributed by atoms with Crippen LogP contribution < -0.4 is 9.47 Å². The van der Waals surface area contributed by atoms with E-state index in [1.54, 1.807) is 18.5 Å². The molecule has 3 aromatic rings. The van der Waals surface area contributed by atoms with Gasteiger partial charge in [-0.2, -0.15) is 0 Å². The maximum atomic E-state index is 12.2. The zero-order chi connectivity index (χ0) is 19.9. The Morgan fingerprint density at radius 3 is 2.54 bits per heavy atom. The van der Waals surface area contributed by atoms with E-state index in [4.69, 9.17) is 14.3 Å². The van der Waals surface area contributed by atoms with Crippen molar-refractivity contribution in [2.75, 3.05) is 27.0 Å². The van der Waals surface area contributed by atoms with Gasteiger partial charge in [0.15, 0.2) is 11.5 Å². The molecule has 2 heterocycles. The standard InChI is InChI=1S/C20H22N4O3S/c1-26-18-9-16-17(10-19(18)27-2)22-12-23-20(16)14-5-4-13-6-7-24(28(3,21)25)11-15(13)8-14/h4-5,8-10,12,21H,6-7,11H2,1-3H3. The van der Waals surface area contributed by atoms with Gasteiger partial charge in [0.25, 0.3) is 0 Å². The van der Waals surface area contributed by atoms with Crippen LogP contribution in [0.1, 0.15) is 11.1 Å². The Morgan fingerprint density at radius 1 is 1.07 bits per heavy atom. The number of ether oxygens (including phenoxy) is 2. The first-order chi connectivity index (χ1) is 13.4. The maximum Gasteiger partial charge on any atom is 0.162 e. The van der Waals surface area contributed by atoms with Crippen LogP contribution in [0.25, 0.3) is 22.2 Å². The molecule has 2 aromatic carbocycles. The number of nitrogens with zero attached hydrogens (tertiary/aromatic N) is 3. The van der Waals surface area contributed by atoms with E-state index in [-0.39, 0.29) is 0 Å². The Kier molecular flexibility index (Phi) is 4.68. The number of aromatic nitrogens is 2. The monoisotopic (exact) mass is 398 g/mol. The van der Waals surface area contributed by atoms with Gasteiger partial charge in [-0.05, 0) is 29.7 Å². The van der Waals surface area contributed by atoms with E-state index in [0.717, 1.165) is 34.1 Å². The SMILES string of the molecule is COc1cc2ncnc(-c3ccc4c(c3)CN(S(C)(=N)=O)CC4)c2cc1OC. The zero-order valence-electron chi connectivity index (χ0n) is 16.1. The molecule has 0 saturated heterocycles. The average Bonchev–Trinajstić information content (AvgIpc) is 2.70. The number of fused-ring (bicyclic) bond motifs is 2. The molecular weight excluding hydrogens is 376 g/mol. The van der Waals surface area contributed by atoms with Gasteiger partial charge in [0, 0.05) is 36.4 Å². The van der Waals surface area contributed by atoms with E-state index in [9.17, 15) is 4.21 Å². The topological polar surface area (TPSA) is 88.4 Å².